The molecule has 5 heterocycles. The molecule has 0 radical (unpaired) electrons. The highest BCUT2D eigenvalue weighted by Crippen LogP contribution is 2.52. The smallest absolute Gasteiger partial charge is 0.267 e. The fourth-order valence-corrected chi connectivity index (χ4v) is 6.12. The van der Waals surface area contributed by atoms with Crippen LogP contribution in [0.3, 0.4) is 0 Å². The first kappa shape index (κ1) is 26.7. The van der Waals surface area contributed by atoms with Crippen molar-refractivity contribution in [2.75, 3.05) is 55.0 Å². The largest absolute Gasteiger partial charge is 0.374 e. The number of nitrogens with zero attached hydrogens (tertiary/aromatic N) is 7. The normalized spacial score (nSPS) is 24.2. The Bertz CT molecular complexity index is 1440. The van der Waals surface area contributed by atoms with Crippen molar-refractivity contribution in [3.8, 4) is 0 Å². The Morgan fingerprint density at radius 1 is 1.02 bits per heavy atom. The maximum absolute atomic E-state index is 12.5. The number of aromatic nitrogens is 4. The summed E-state index contributed by atoms with van der Waals surface area (Å²) in [5.41, 5.74) is 2.48. The molecule has 0 amide bonds. The van der Waals surface area contributed by atoms with Gasteiger partial charge in [0.1, 0.15) is 5.82 Å². The average Bonchev–Trinajstić information content (AvgIpc) is 3.16. The van der Waals surface area contributed by atoms with Gasteiger partial charge in [-0.15, -0.1) is 0 Å². The maximum atomic E-state index is 12.5. The van der Waals surface area contributed by atoms with E-state index in [1.54, 1.807) is 6.07 Å². The molecule has 2 aromatic heterocycles. The number of rotatable bonds is 5. The molecule has 6 rings (SSSR count). The van der Waals surface area contributed by atoms with Gasteiger partial charge in [-0.05, 0) is 71.5 Å². The van der Waals surface area contributed by atoms with Gasteiger partial charge in [0, 0.05) is 60.8 Å². The second-order valence-corrected chi connectivity index (χ2v) is 12.5. The zero-order chi connectivity index (χ0) is 28.2. The van der Waals surface area contributed by atoms with E-state index < -0.39 is 0 Å². The first-order chi connectivity index (χ1) is 19.0. The topological polar surface area (TPSA) is 91.7 Å². The van der Waals surface area contributed by atoms with Crippen molar-refractivity contribution in [2.24, 2.45) is 0 Å². The molecule has 1 N–H and O–H groups in total. The van der Waals surface area contributed by atoms with Gasteiger partial charge in [-0.3, -0.25) is 4.79 Å². The summed E-state index contributed by atoms with van der Waals surface area (Å²) in [4.78, 5) is 29.3. The van der Waals surface area contributed by atoms with Crippen LogP contribution in [-0.4, -0.2) is 76.1 Å². The zero-order valence-corrected chi connectivity index (χ0v) is 24.4. The van der Waals surface area contributed by atoms with Crippen LogP contribution in [0.2, 0.25) is 0 Å². The quantitative estimate of drug-likeness (QED) is 0.510. The van der Waals surface area contributed by atoms with E-state index in [1.165, 1.54) is 10.4 Å². The Hall–Kier alpha value is -3.50. The molecular formula is C30H40N8O2. The Morgan fingerprint density at radius 3 is 2.45 bits per heavy atom. The number of nitrogens with one attached hydrogen (secondary N) is 1. The fraction of sp³-hybridized carbons (Fsp3) is 0.533. The molecule has 3 aromatic rings. The fourth-order valence-electron chi connectivity index (χ4n) is 6.12. The van der Waals surface area contributed by atoms with Gasteiger partial charge in [0.2, 0.25) is 5.95 Å². The number of anilines is 5. The van der Waals surface area contributed by atoms with Gasteiger partial charge in [-0.25, -0.2) is 9.67 Å². The summed E-state index contributed by atoms with van der Waals surface area (Å²) >= 11 is 0. The van der Waals surface area contributed by atoms with Gasteiger partial charge in [-0.2, -0.15) is 10.1 Å². The number of ether oxygens (including phenoxy) is 1. The van der Waals surface area contributed by atoms with E-state index in [0.717, 1.165) is 49.7 Å². The Morgan fingerprint density at radius 2 is 1.75 bits per heavy atom. The van der Waals surface area contributed by atoms with E-state index in [9.17, 15) is 4.79 Å². The van der Waals surface area contributed by atoms with Crippen molar-refractivity contribution < 1.29 is 4.74 Å². The predicted octanol–water partition coefficient (Wildman–Crippen LogP) is 4.09. The lowest BCUT2D eigenvalue weighted by molar-refractivity contribution is -0.0893. The molecule has 2 saturated heterocycles. The third-order valence-corrected chi connectivity index (χ3v) is 8.65. The van der Waals surface area contributed by atoms with Crippen LogP contribution >= 0.6 is 0 Å². The molecule has 0 aliphatic carbocycles. The first-order valence-electron chi connectivity index (χ1n) is 14.3. The lowest BCUT2D eigenvalue weighted by Crippen LogP contribution is -2.54. The second-order valence-electron chi connectivity index (χ2n) is 12.5. The summed E-state index contributed by atoms with van der Waals surface area (Å²) in [6, 6.07) is 11.9. The minimum atomic E-state index is -0.311. The lowest BCUT2D eigenvalue weighted by Gasteiger charge is -2.46. The summed E-state index contributed by atoms with van der Waals surface area (Å²) in [5, 5.41) is 8.20. The highest BCUT2D eigenvalue weighted by Gasteiger charge is 2.55. The van der Waals surface area contributed by atoms with Crippen LogP contribution in [0.4, 0.5) is 29.0 Å². The number of benzene rings is 1. The van der Waals surface area contributed by atoms with E-state index in [0.29, 0.717) is 18.4 Å². The van der Waals surface area contributed by atoms with Crippen molar-refractivity contribution in [3.05, 3.63) is 58.5 Å². The zero-order valence-electron chi connectivity index (χ0n) is 24.4. The summed E-state index contributed by atoms with van der Waals surface area (Å²) in [6.07, 6.45) is 2.72. The highest BCUT2D eigenvalue weighted by atomic mass is 16.5. The van der Waals surface area contributed by atoms with Gasteiger partial charge in [0.25, 0.3) is 5.56 Å². The van der Waals surface area contributed by atoms with Crippen LogP contribution < -0.4 is 20.7 Å². The number of likely N-dealkylation sites (N-methyl/N-ethyl adjacent to an activating group) is 1. The molecule has 0 spiro atoms. The molecule has 0 unspecified atom stereocenters. The average molecular weight is 545 g/mol. The van der Waals surface area contributed by atoms with Gasteiger partial charge in [-0.1, -0.05) is 6.92 Å². The lowest BCUT2D eigenvalue weighted by atomic mass is 9.73. The number of hydrogen-bond donors (Lipinski definition) is 1. The monoisotopic (exact) mass is 544 g/mol. The van der Waals surface area contributed by atoms with Gasteiger partial charge < -0.3 is 24.8 Å². The van der Waals surface area contributed by atoms with Crippen LogP contribution in [0.25, 0.3) is 0 Å². The van der Waals surface area contributed by atoms with Gasteiger partial charge in [0.15, 0.2) is 5.82 Å². The minimum Gasteiger partial charge on any atom is -0.374 e. The molecule has 1 aromatic carbocycles. The van der Waals surface area contributed by atoms with Gasteiger partial charge >= 0.3 is 0 Å². The van der Waals surface area contributed by atoms with Crippen LogP contribution in [0, 0.1) is 0 Å². The predicted molar refractivity (Wildman–Crippen MR) is 158 cm³/mol. The molecule has 40 heavy (non-hydrogen) atoms. The second kappa shape index (κ2) is 9.85. The Labute approximate surface area is 236 Å². The van der Waals surface area contributed by atoms with Crippen molar-refractivity contribution in [2.45, 2.75) is 64.1 Å². The van der Waals surface area contributed by atoms with E-state index >= 15 is 0 Å². The van der Waals surface area contributed by atoms with E-state index in [2.05, 4.69) is 72.1 Å². The Balaban J connectivity index is 1.34. The molecule has 10 heteroatoms. The Kier molecular flexibility index (Phi) is 6.58. The van der Waals surface area contributed by atoms with Crippen LogP contribution in [0.15, 0.2) is 47.4 Å². The van der Waals surface area contributed by atoms with E-state index in [1.807, 2.05) is 26.1 Å². The maximum Gasteiger partial charge on any atom is 0.267 e. The molecular weight excluding hydrogens is 504 g/mol. The summed E-state index contributed by atoms with van der Waals surface area (Å²) in [6.45, 7) is 15.2. The van der Waals surface area contributed by atoms with Crippen molar-refractivity contribution >= 4 is 29.0 Å². The van der Waals surface area contributed by atoms with E-state index in [-0.39, 0.29) is 28.7 Å². The molecule has 0 bridgehead atoms. The summed E-state index contributed by atoms with van der Waals surface area (Å²) in [5.74, 6) is 2.04. The van der Waals surface area contributed by atoms with E-state index in [4.69, 9.17) is 19.8 Å². The molecule has 2 fully saturated rings. The molecule has 212 valence electrons. The van der Waals surface area contributed by atoms with Crippen LogP contribution in [0.1, 0.15) is 52.6 Å². The molecule has 0 saturated carbocycles. The standard InChI is InChI=1S/C30H40N8O2/c1-20(2)38-26(39)12-11-25(34-38)37-24-17-29(3,4)40-19-30(24,5)23-18-31-28(33-27(23)37)32-21-7-9-22(10-8-21)36-15-13-35(6)14-16-36/h7-12,18,20,24H,13-17,19H2,1-6H3,(H,31,32,33)/t24-,30-/m1/s1. The van der Waals surface area contributed by atoms with Crippen LogP contribution in [0.5, 0.6) is 0 Å². The summed E-state index contributed by atoms with van der Waals surface area (Å²) < 4.78 is 7.86. The van der Waals surface area contributed by atoms with Crippen molar-refractivity contribution in [1.29, 1.82) is 0 Å². The van der Waals surface area contributed by atoms with Crippen molar-refractivity contribution in [3.63, 3.8) is 0 Å². The molecule has 3 aliphatic rings. The number of fused-ring (bicyclic) bond motifs is 3. The SMILES string of the molecule is CC(C)n1nc(N2c3nc(Nc4ccc(N5CCN(C)CC5)cc4)ncc3[C@@]3(C)COC(C)(C)C[C@@H]23)ccc1=O. The number of hydrogen-bond acceptors (Lipinski definition) is 9. The minimum absolute atomic E-state index is 0.0523. The summed E-state index contributed by atoms with van der Waals surface area (Å²) in [7, 11) is 2.17. The van der Waals surface area contributed by atoms with Gasteiger partial charge in [0.05, 0.1) is 24.3 Å². The molecule has 3 aliphatic heterocycles. The highest BCUT2D eigenvalue weighted by molar-refractivity contribution is 5.71. The molecule has 2 atom stereocenters. The first-order valence-corrected chi connectivity index (χ1v) is 14.3. The molecule has 10 nitrogen and oxygen atoms in total. The third-order valence-electron chi connectivity index (χ3n) is 8.65. The van der Waals surface area contributed by atoms with Crippen molar-refractivity contribution in [1.82, 2.24) is 24.6 Å². The van der Waals surface area contributed by atoms with Crippen LogP contribution in [-0.2, 0) is 10.2 Å². The number of piperazine rings is 1. The third kappa shape index (κ3) is 4.73.